The third-order valence-electron chi connectivity index (χ3n) is 5.10. The first-order valence-electron chi connectivity index (χ1n) is 10.2. The maximum Gasteiger partial charge on any atom is 0.337 e. The SMILES string of the molecule is CCc1ccc(-n2c(=O)c3sc(SC)nc3n(CC(=O)Nc3cccc(SC)c3)c2=O)cc1. The van der Waals surface area contributed by atoms with E-state index in [9.17, 15) is 14.4 Å². The Bertz CT molecular complexity index is 1440. The maximum absolute atomic E-state index is 13.4. The number of aromatic nitrogens is 3. The van der Waals surface area contributed by atoms with Gasteiger partial charge in [0.15, 0.2) is 9.99 Å². The number of carbonyl (C=O) groups is 1. The quantitative estimate of drug-likeness (QED) is 0.383. The van der Waals surface area contributed by atoms with Crippen molar-refractivity contribution in [3.05, 3.63) is 74.9 Å². The molecule has 0 bridgehead atoms. The van der Waals surface area contributed by atoms with E-state index in [1.807, 2.05) is 49.8 Å². The standard InChI is InChI=1S/C23H22N4O3S3/c1-4-14-8-10-16(11-9-14)27-21(29)19-20(25-22(32-3)33-19)26(23(27)30)13-18(28)24-15-6-5-7-17(12-15)31-2/h5-12H,4,13H2,1-3H3,(H,24,28). The van der Waals surface area contributed by atoms with Gasteiger partial charge < -0.3 is 5.32 Å². The summed E-state index contributed by atoms with van der Waals surface area (Å²) in [6.45, 7) is 1.78. The molecular formula is C23H22N4O3S3. The fraction of sp³-hybridized carbons (Fsp3) is 0.217. The monoisotopic (exact) mass is 498 g/mol. The fourth-order valence-corrected chi connectivity index (χ4v) is 5.35. The Morgan fingerprint density at radius 2 is 1.85 bits per heavy atom. The van der Waals surface area contributed by atoms with Gasteiger partial charge in [-0.15, -0.1) is 23.1 Å². The van der Waals surface area contributed by atoms with Crippen LogP contribution in [0.4, 0.5) is 5.69 Å². The Hall–Kier alpha value is -2.82. The summed E-state index contributed by atoms with van der Waals surface area (Å²) in [6.07, 6.45) is 4.66. The van der Waals surface area contributed by atoms with E-state index in [1.54, 1.807) is 30.0 Å². The molecule has 10 heteroatoms. The molecule has 0 unspecified atom stereocenters. The summed E-state index contributed by atoms with van der Waals surface area (Å²) < 4.78 is 3.39. The number of thiazole rings is 1. The summed E-state index contributed by atoms with van der Waals surface area (Å²) in [4.78, 5) is 45.0. The van der Waals surface area contributed by atoms with Crippen LogP contribution in [0.2, 0.25) is 0 Å². The molecule has 0 spiro atoms. The van der Waals surface area contributed by atoms with Crippen LogP contribution in [0, 0.1) is 0 Å². The third kappa shape index (κ3) is 4.78. The van der Waals surface area contributed by atoms with Crippen molar-refractivity contribution < 1.29 is 4.79 Å². The summed E-state index contributed by atoms with van der Waals surface area (Å²) in [5, 5.41) is 2.84. The number of nitrogens with one attached hydrogen (secondary N) is 1. The lowest BCUT2D eigenvalue weighted by Gasteiger charge is -2.12. The normalized spacial score (nSPS) is 11.1. The number of rotatable bonds is 7. The Kier molecular flexibility index (Phi) is 7.06. The molecule has 0 atom stereocenters. The van der Waals surface area contributed by atoms with Crippen molar-refractivity contribution in [1.29, 1.82) is 0 Å². The van der Waals surface area contributed by atoms with Crippen LogP contribution in [0.25, 0.3) is 16.0 Å². The van der Waals surface area contributed by atoms with Gasteiger partial charge in [-0.1, -0.05) is 36.9 Å². The van der Waals surface area contributed by atoms with Gasteiger partial charge in [0.05, 0.1) is 5.69 Å². The number of anilines is 1. The van der Waals surface area contributed by atoms with Gasteiger partial charge in [-0.05, 0) is 54.8 Å². The third-order valence-corrected chi connectivity index (χ3v) is 7.84. The second-order valence-corrected chi connectivity index (χ2v) is 10.1. The second-order valence-electron chi connectivity index (χ2n) is 7.15. The van der Waals surface area contributed by atoms with Crippen LogP contribution in [0.15, 0.2) is 67.4 Å². The van der Waals surface area contributed by atoms with E-state index in [1.165, 1.54) is 27.7 Å². The highest BCUT2D eigenvalue weighted by atomic mass is 32.2. The van der Waals surface area contributed by atoms with Gasteiger partial charge in [-0.2, -0.15) is 0 Å². The molecule has 0 saturated heterocycles. The average Bonchev–Trinajstić information content (AvgIpc) is 3.27. The smallest absolute Gasteiger partial charge is 0.324 e. The van der Waals surface area contributed by atoms with Crippen molar-refractivity contribution in [2.75, 3.05) is 17.8 Å². The molecule has 0 fully saturated rings. The van der Waals surface area contributed by atoms with Crippen molar-refractivity contribution >= 4 is 56.8 Å². The number of fused-ring (bicyclic) bond motifs is 1. The number of carbonyl (C=O) groups excluding carboxylic acids is 1. The van der Waals surface area contributed by atoms with Crippen molar-refractivity contribution in [3.8, 4) is 5.69 Å². The highest BCUT2D eigenvalue weighted by molar-refractivity contribution is 8.00. The first-order chi connectivity index (χ1) is 15.9. The van der Waals surface area contributed by atoms with E-state index in [2.05, 4.69) is 10.3 Å². The van der Waals surface area contributed by atoms with Crippen molar-refractivity contribution in [2.45, 2.75) is 29.1 Å². The largest absolute Gasteiger partial charge is 0.337 e. The molecule has 0 aliphatic carbocycles. The molecule has 2 heterocycles. The van der Waals surface area contributed by atoms with Gasteiger partial charge in [0.25, 0.3) is 5.56 Å². The number of thioether (sulfide) groups is 2. The van der Waals surface area contributed by atoms with Crippen molar-refractivity contribution in [3.63, 3.8) is 0 Å². The first-order valence-corrected chi connectivity index (χ1v) is 13.4. The lowest BCUT2D eigenvalue weighted by molar-refractivity contribution is -0.116. The molecule has 0 aliphatic heterocycles. The van der Waals surface area contributed by atoms with Crippen LogP contribution >= 0.6 is 34.9 Å². The average molecular weight is 499 g/mol. The van der Waals surface area contributed by atoms with Crippen LogP contribution in [0.1, 0.15) is 12.5 Å². The molecule has 2 aromatic heterocycles. The van der Waals surface area contributed by atoms with Crippen molar-refractivity contribution in [2.24, 2.45) is 0 Å². The highest BCUT2D eigenvalue weighted by Crippen LogP contribution is 2.25. The molecular weight excluding hydrogens is 476 g/mol. The van der Waals surface area contributed by atoms with Crippen molar-refractivity contribution in [1.82, 2.24) is 14.1 Å². The van der Waals surface area contributed by atoms with Gasteiger partial charge in [-0.25, -0.2) is 14.3 Å². The van der Waals surface area contributed by atoms with Crippen LogP contribution in [0.5, 0.6) is 0 Å². The summed E-state index contributed by atoms with van der Waals surface area (Å²) >= 11 is 4.19. The van der Waals surface area contributed by atoms with E-state index >= 15 is 0 Å². The molecule has 170 valence electrons. The van der Waals surface area contributed by atoms with E-state index in [4.69, 9.17) is 0 Å². The zero-order valence-electron chi connectivity index (χ0n) is 18.3. The first kappa shape index (κ1) is 23.3. The molecule has 1 N–H and O–H groups in total. The minimum absolute atomic E-state index is 0.230. The molecule has 1 amide bonds. The molecule has 4 aromatic rings. The number of aryl methyl sites for hydroxylation is 1. The Labute approximate surface area is 202 Å². The molecule has 0 aliphatic rings. The Morgan fingerprint density at radius 3 is 2.52 bits per heavy atom. The highest BCUT2D eigenvalue weighted by Gasteiger charge is 2.20. The summed E-state index contributed by atoms with van der Waals surface area (Å²) in [5.74, 6) is -0.373. The predicted octanol–water partition coefficient (Wildman–Crippen LogP) is 4.25. The zero-order valence-corrected chi connectivity index (χ0v) is 20.8. The second kappa shape index (κ2) is 9.98. The lowest BCUT2D eigenvalue weighted by atomic mass is 10.1. The van der Waals surface area contributed by atoms with Gasteiger partial charge in [0.2, 0.25) is 5.91 Å². The summed E-state index contributed by atoms with van der Waals surface area (Å²) in [5.41, 5.74) is 1.41. The van der Waals surface area contributed by atoms with Crippen LogP contribution < -0.4 is 16.6 Å². The van der Waals surface area contributed by atoms with Gasteiger partial charge >= 0.3 is 5.69 Å². The molecule has 7 nitrogen and oxygen atoms in total. The van der Waals surface area contributed by atoms with Crippen LogP contribution in [0.3, 0.4) is 0 Å². The number of nitrogens with zero attached hydrogens (tertiary/aromatic N) is 3. The molecule has 33 heavy (non-hydrogen) atoms. The summed E-state index contributed by atoms with van der Waals surface area (Å²) in [6, 6.07) is 14.8. The maximum atomic E-state index is 13.4. The van der Waals surface area contributed by atoms with E-state index in [-0.39, 0.29) is 18.1 Å². The molecule has 0 saturated carbocycles. The topological polar surface area (TPSA) is 86.0 Å². The molecule has 0 radical (unpaired) electrons. The van der Waals surface area contributed by atoms with E-state index < -0.39 is 11.2 Å². The van der Waals surface area contributed by atoms with E-state index in [0.29, 0.717) is 20.4 Å². The number of hydrogen-bond donors (Lipinski definition) is 1. The minimum atomic E-state index is -0.595. The number of benzene rings is 2. The Balaban J connectivity index is 1.80. The van der Waals surface area contributed by atoms with Crippen LogP contribution in [-0.4, -0.2) is 32.5 Å². The molecule has 2 aromatic carbocycles. The minimum Gasteiger partial charge on any atom is -0.324 e. The van der Waals surface area contributed by atoms with Gasteiger partial charge in [0, 0.05) is 10.6 Å². The predicted molar refractivity (Wildman–Crippen MR) is 137 cm³/mol. The Morgan fingerprint density at radius 1 is 1.09 bits per heavy atom. The summed E-state index contributed by atoms with van der Waals surface area (Å²) in [7, 11) is 0. The van der Waals surface area contributed by atoms with Gasteiger partial charge in [0.1, 0.15) is 11.2 Å². The molecule has 4 rings (SSSR count). The van der Waals surface area contributed by atoms with Gasteiger partial charge in [-0.3, -0.25) is 14.2 Å². The lowest BCUT2D eigenvalue weighted by Crippen LogP contribution is -2.40. The van der Waals surface area contributed by atoms with Crippen LogP contribution in [-0.2, 0) is 17.8 Å². The zero-order chi connectivity index (χ0) is 23.5. The number of hydrogen-bond acceptors (Lipinski definition) is 7. The number of amides is 1. The van der Waals surface area contributed by atoms with E-state index in [0.717, 1.165) is 21.4 Å². The fourth-order valence-electron chi connectivity index (χ4n) is 3.40.